The number of thiocarbonyl (C=S) groups is 1. The van der Waals surface area contributed by atoms with Gasteiger partial charge in [0.2, 0.25) is 0 Å². The molecule has 0 radical (unpaired) electrons. The van der Waals surface area contributed by atoms with Gasteiger partial charge in [-0.1, -0.05) is 6.07 Å². The number of aromatic nitrogens is 3. The minimum Gasteiger partial charge on any atom is -0.494 e. The Hall–Kier alpha value is -3.71. The Balaban J connectivity index is 1.62. The molecular weight excluding hydrogens is 418 g/mol. The molecule has 160 valence electrons. The number of hydrogen-bond acceptors (Lipinski definition) is 4. The third-order valence-electron chi connectivity index (χ3n) is 5.53. The fourth-order valence-corrected chi connectivity index (χ4v) is 4.52. The van der Waals surface area contributed by atoms with Crippen LogP contribution in [0.25, 0.3) is 5.69 Å². The lowest BCUT2D eigenvalue weighted by Gasteiger charge is -2.29. The lowest BCUT2D eigenvalue weighted by Crippen LogP contribution is -2.30. The number of nitrogens with zero attached hydrogens (tertiary/aromatic N) is 4. The summed E-state index contributed by atoms with van der Waals surface area (Å²) >= 11 is 5.83. The number of pyridine rings is 2. The summed E-state index contributed by atoms with van der Waals surface area (Å²) in [4.78, 5) is 11.1. The number of anilines is 1. The van der Waals surface area contributed by atoms with Crippen molar-refractivity contribution in [2.75, 3.05) is 11.5 Å². The van der Waals surface area contributed by atoms with Crippen molar-refractivity contribution in [2.24, 2.45) is 0 Å². The third kappa shape index (κ3) is 3.71. The molecule has 2 atom stereocenters. The van der Waals surface area contributed by atoms with Crippen LogP contribution in [0.4, 0.5) is 5.69 Å². The molecule has 1 aromatic carbocycles. The van der Waals surface area contributed by atoms with Gasteiger partial charge in [-0.15, -0.1) is 0 Å². The van der Waals surface area contributed by atoms with E-state index in [1.54, 1.807) is 6.20 Å². The normalized spacial score (nSPS) is 17.9. The van der Waals surface area contributed by atoms with Crippen LogP contribution >= 0.6 is 12.2 Å². The summed E-state index contributed by atoms with van der Waals surface area (Å²) in [7, 11) is 0. The second kappa shape index (κ2) is 8.80. The van der Waals surface area contributed by atoms with Crippen molar-refractivity contribution < 1.29 is 4.74 Å². The molecule has 0 amide bonds. The predicted molar refractivity (Wildman–Crippen MR) is 129 cm³/mol. The van der Waals surface area contributed by atoms with Crippen molar-refractivity contribution in [3.63, 3.8) is 0 Å². The van der Waals surface area contributed by atoms with Crippen molar-refractivity contribution in [1.29, 1.82) is 0 Å². The quantitative estimate of drug-likeness (QED) is 0.432. The second-order valence-electron chi connectivity index (χ2n) is 7.44. The van der Waals surface area contributed by atoms with E-state index in [9.17, 15) is 0 Å². The molecule has 7 heteroatoms. The molecule has 0 bridgehead atoms. The maximum absolute atomic E-state index is 5.83. The second-order valence-corrected chi connectivity index (χ2v) is 7.82. The molecule has 4 aromatic rings. The van der Waals surface area contributed by atoms with Gasteiger partial charge in [0, 0.05) is 30.0 Å². The molecule has 0 aliphatic carbocycles. The van der Waals surface area contributed by atoms with Crippen molar-refractivity contribution in [3.05, 3.63) is 103 Å². The first-order chi connectivity index (χ1) is 15.8. The molecule has 4 heterocycles. The van der Waals surface area contributed by atoms with Gasteiger partial charge in [-0.2, -0.15) is 0 Å². The van der Waals surface area contributed by atoms with E-state index in [0.717, 1.165) is 28.5 Å². The molecule has 1 N–H and O–H groups in total. The number of ether oxygens (including phenoxy) is 1. The minimum atomic E-state index is -0.111. The van der Waals surface area contributed by atoms with Gasteiger partial charge in [-0.05, 0) is 79.8 Å². The van der Waals surface area contributed by atoms with Crippen molar-refractivity contribution in [1.82, 2.24) is 19.9 Å². The van der Waals surface area contributed by atoms with Crippen LogP contribution < -0.4 is 15.0 Å². The zero-order valence-corrected chi connectivity index (χ0v) is 18.4. The zero-order chi connectivity index (χ0) is 21.9. The molecule has 1 aliphatic rings. The van der Waals surface area contributed by atoms with Crippen LogP contribution in [0.15, 0.2) is 91.5 Å². The number of rotatable bonds is 6. The molecule has 1 fully saturated rings. The number of benzene rings is 1. The standard InChI is InChI=1S/C25H23N5OS/c1-2-31-20-12-10-18(11-13-20)30-24(23(28-25(30)32)21-8-3-4-15-27-21)22-9-6-16-29(22)19-7-5-14-26-17-19/h3-17,23-24H,2H2,1H3,(H,28,32)/t23-,24-/m0/s1. The molecule has 0 saturated carbocycles. The highest BCUT2D eigenvalue weighted by Crippen LogP contribution is 2.42. The molecule has 6 nitrogen and oxygen atoms in total. The molecular formula is C25H23N5OS. The van der Waals surface area contributed by atoms with Crippen LogP contribution in [0.1, 0.15) is 30.4 Å². The summed E-state index contributed by atoms with van der Waals surface area (Å²) in [5.41, 5.74) is 4.02. The van der Waals surface area contributed by atoms with E-state index < -0.39 is 0 Å². The molecule has 3 aromatic heterocycles. The van der Waals surface area contributed by atoms with Crippen LogP contribution in [0.2, 0.25) is 0 Å². The predicted octanol–water partition coefficient (Wildman–Crippen LogP) is 4.84. The van der Waals surface area contributed by atoms with Gasteiger partial charge >= 0.3 is 0 Å². The van der Waals surface area contributed by atoms with Gasteiger partial charge in [-0.25, -0.2) is 0 Å². The molecule has 0 unspecified atom stereocenters. The Morgan fingerprint density at radius 3 is 2.56 bits per heavy atom. The van der Waals surface area contributed by atoms with Crippen molar-refractivity contribution in [2.45, 2.75) is 19.0 Å². The van der Waals surface area contributed by atoms with Gasteiger partial charge in [0.25, 0.3) is 0 Å². The van der Waals surface area contributed by atoms with Crippen LogP contribution in [-0.2, 0) is 0 Å². The van der Waals surface area contributed by atoms with Gasteiger partial charge in [-0.3, -0.25) is 9.97 Å². The number of nitrogens with one attached hydrogen (secondary N) is 1. The summed E-state index contributed by atoms with van der Waals surface area (Å²) < 4.78 is 7.79. The highest BCUT2D eigenvalue weighted by molar-refractivity contribution is 7.80. The van der Waals surface area contributed by atoms with Gasteiger partial charge in [0.05, 0.1) is 30.2 Å². The van der Waals surface area contributed by atoms with Crippen LogP contribution in [-0.4, -0.2) is 26.3 Å². The maximum Gasteiger partial charge on any atom is 0.174 e. The van der Waals surface area contributed by atoms with Crippen LogP contribution in [0.5, 0.6) is 5.75 Å². The Bertz CT molecular complexity index is 1190. The SMILES string of the molecule is CCOc1ccc(N2C(=S)N[C@@H](c3ccccn3)[C@@H]2c2cccn2-c2cccnc2)cc1. The highest BCUT2D eigenvalue weighted by Gasteiger charge is 2.42. The average molecular weight is 442 g/mol. The fourth-order valence-electron chi connectivity index (χ4n) is 4.17. The summed E-state index contributed by atoms with van der Waals surface area (Å²) in [6.45, 7) is 2.61. The number of hydrogen-bond donors (Lipinski definition) is 1. The van der Waals surface area contributed by atoms with E-state index in [1.165, 1.54) is 0 Å². The molecule has 0 spiro atoms. The first-order valence-corrected chi connectivity index (χ1v) is 11.0. The minimum absolute atomic E-state index is 0.106. The van der Waals surface area contributed by atoms with E-state index in [4.69, 9.17) is 17.0 Å². The van der Waals surface area contributed by atoms with Gasteiger partial charge in [0.1, 0.15) is 11.8 Å². The summed E-state index contributed by atoms with van der Waals surface area (Å²) in [5.74, 6) is 0.839. The largest absolute Gasteiger partial charge is 0.494 e. The van der Waals surface area contributed by atoms with Crippen molar-refractivity contribution >= 4 is 23.0 Å². The Morgan fingerprint density at radius 1 is 0.969 bits per heavy atom. The van der Waals surface area contributed by atoms with Crippen LogP contribution in [0.3, 0.4) is 0 Å². The van der Waals surface area contributed by atoms with E-state index in [2.05, 4.69) is 43.1 Å². The van der Waals surface area contributed by atoms with E-state index in [0.29, 0.717) is 11.7 Å². The van der Waals surface area contributed by atoms with E-state index in [1.807, 2.05) is 73.9 Å². The van der Waals surface area contributed by atoms with Crippen LogP contribution in [0, 0.1) is 0 Å². The summed E-state index contributed by atoms with van der Waals surface area (Å²) in [6.07, 6.45) is 7.51. The molecule has 5 rings (SSSR count). The monoisotopic (exact) mass is 441 g/mol. The lowest BCUT2D eigenvalue weighted by atomic mass is 10.0. The van der Waals surface area contributed by atoms with Crippen molar-refractivity contribution in [3.8, 4) is 11.4 Å². The Kier molecular flexibility index (Phi) is 5.56. The highest BCUT2D eigenvalue weighted by atomic mass is 32.1. The molecule has 1 aliphatic heterocycles. The summed E-state index contributed by atoms with van der Waals surface area (Å²) in [6, 6.07) is 22.0. The Labute approximate surface area is 192 Å². The zero-order valence-electron chi connectivity index (χ0n) is 17.6. The van der Waals surface area contributed by atoms with E-state index in [-0.39, 0.29) is 12.1 Å². The molecule has 1 saturated heterocycles. The molecule has 32 heavy (non-hydrogen) atoms. The van der Waals surface area contributed by atoms with Gasteiger partial charge in [0.15, 0.2) is 5.11 Å². The first-order valence-electron chi connectivity index (χ1n) is 10.6. The topological polar surface area (TPSA) is 55.2 Å². The third-order valence-corrected chi connectivity index (χ3v) is 5.85. The fraction of sp³-hybridized carbons (Fsp3) is 0.160. The maximum atomic E-state index is 5.83. The van der Waals surface area contributed by atoms with Gasteiger partial charge < -0.3 is 19.5 Å². The lowest BCUT2D eigenvalue weighted by molar-refractivity contribution is 0.340. The van der Waals surface area contributed by atoms with E-state index >= 15 is 0 Å². The average Bonchev–Trinajstić information content (AvgIpc) is 3.45. The Morgan fingerprint density at radius 2 is 1.84 bits per heavy atom. The summed E-state index contributed by atoms with van der Waals surface area (Å²) in [5, 5.41) is 4.17. The first kappa shape index (κ1) is 20.2. The smallest absolute Gasteiger partial charge is 0.174 e.